The van der Waals surface area contributed by atoms with Gasteiger partial charge < -0.3 is 10.0 Å². The maximum Gasteiger partial charge on any atom is 0.223 e. The molecule has 1 aliphatic heterocycles. The van der Waals surface area contributed by atoms with E-state index in [-0.39, 0.29) is 5.91 Å². The van der Waals surface area contributed by atoms with Crippen LogP contribution in [0.3, 0.4) is 0 Å². The van der Waals surface area contributed by atoms with E-state index in [0.29, 0.717) is 18.9 Å². The third kappa shape index (κ3) is 2.19. The molecule has 0 bridgehead atoms. The molecule has 1 fully saturated rings. The van der Waals surface area contributed by atoms with Crippen LogP contribution in [0.15, 0.2) is 0 Å². The monoisotopic (exact) mass is 157 g/mol. The molecule has 2 unspecified atom stereocenters. The minimum atomic E-state index is -0.399. The summed E-state index contributed by atoms with van der Waals surface area (Å²) in [5, 5.41) is 9.02. The first-order valence-electron chi connectivity index (χ1n) is 4.05. The number of likely N-dealkylation sites (tertiary alicyclic amines) is 1. The van der Waals surface area contributed by atoms with Crippen LogP contribution in [0.4, 0.5) is 0 Å². The second-order valence-corrected chi connectivity index (χ2v) is 3.46. The van der Waals surface area contributed by atoms with Crippen molar-refractivity contribution < 1.29 is 9.90 Å². The summed E-state index contributed by atoms with van der Waals surface area (Å²) in [6, 6.07) is 0. The maximum atomic E-state index is 11.1. The zero-order valence-electron chi connectivity index (χ0n) is 7.08. The highest BCUT2D eigenvalue weighted by molar-refractivity contribution is 5.78. The Morgan fingerprint density at radius 1 is 1.82 bits per heavy atom. The second-order valence-electron chi connectivity index (χ2n) is 3.46. The van der Waals surface area contributed by atoms with E-state index in [0.717, 1.165) is 6.54 Å². The summed E-state index contributed by atoms with van der Waals surface area (Å²) in [6.45, 7) is 5.06. The Balaban J connectivity index is 2.41. The molecule has 64 valence electrons. The van der Waals surface area contributed by atoms with Crippen molar-refractivity contribution in [1.29, 1.82) is 0 Å². The highest BCUT2D eigenvalue weighted by Crippen LogP contribution is 2.16. The first kappa shape index (κ1) is 8.53. The Kier molecular flexibility index (Phi) is 2.49. The second kappa shape index (κ2) is 3.22. The molecule has 1 N–H and O–H groups in total. The first-order chi connectivity index (χ1) is 5.09. The Hall–Kier alpha value is -0.570. The predicted octanol–water partition coefficient (Wildman–Crippen LogP) is 0.236. The van der Waals surface area contributed by atoms with Crippen molar-refractivity contribution in [2.75, 3.05) is 13.1 Å². The van der Waals surface area contributed by atoms with Crippen molar-refractivity contribution >= 4 is 5.91 Å². The molecule has 1 amide bonds. The summed E-state index contributed by atoms with van der Waals surface area (Å²) in [7, 11) is 0. The summed E-state index contributed by atoms with van der Waals surface area (Å²) < 4.78 is 0. The number of amides is 1. The molecule has 1 saturated heterocycles. The summed E-state index contributed by atoms with van der Waals surface area (Å²) in [5.41, 5.74) is 0. The zero-order valence-corrected chi connectivity index (χ0v) is 7.08. The van der Waals surface area contributed by atoms with Crippen molar-refractivity contribution in [1.82, 2.24) is 4.90 Å². The van der Waals surface area contributed by atoms with E-state index >= 15 is 0 Å². The lowest BCUT2D eigenvalue weighted by Crippen LogP contribution is -2.32. The molecule has 0 aromatic rings. The van der Waals surface area contributed by atoms with Crippen molar-refractivity contribution in [3.8, 4) is 0 Å². The van der Waals surface area contributed by atoms with E-state index in [9.17, 15) is 4.79 Å². The molecule has 1 rings (SSSR count). The van der Waals surface area contributed by atoms with Crippen LogP contribution in [0.1, 0.15) is 20.3 Å². The molecule has 1 heterocycles. The molecule has 0 aliphatic carbocycles. The van der Waals surface area contributed by atoms with Gasteiger partial charge in [0.1, 0.15) is 0 Å². The van der Waals surface area contributed by atoms with Gasteiger partial charge in [-0.25, -0.2) is 0 Å². The van der Waals surface area contributed by atoms with Crippen LogP contribution in [-0.2, 0) is 4.79 Å². The van der Waals surface area contributed by atoms with E-state index in [2.05, 4.69) is 6.92 Å². The molecular weight excluding hydrogens is 142 g/mol. The molecule has 0 aromatic carbocycles. The number of aliphatic hydroxyl groups is 1. The van der Waals surface area contributed by atoms with Gasteiger partial charge in [0, 0.05) is 19.5 Å². The largest absolute Gasteiger partial charge is 0.392 e. The molecule has 3 nitrogen and oxygen atoms in total. The third-order valence-electron chi connectivity index (χ3n) is 1.89. The number of hydrogen-bond donors (Lipinski definition) is 1. The van der Waals surface area contributed by atoms with Crippen LogP contribution in [-0.4, -0.2) is 35.1 Å². The Labute approximate surface area is 67.0 Å². The van der Waals surface area contributed by atoms with Gasteiger partial charge in [-0.15, -0.1) is 0 Å². The molecule has 0 spiro atoms. The van der Waals surface area contributed by atoms with E-state index in [1.165, 1.54) is 0 Å². The van der Waals surface area contributed by atoms with Gasteiger partial charge in [0.05, 0.1) is 6.10 Å². The van der Waals surface area contributed by atoms with Gasteiger partial charge in [-0.2, -0.15) is 0 Å². The summed E-state index contributed by atoms with van der Waals surface area (Å²) in [5.74, 6) is 0.639. The van der Waals surface area contributed by atoms with Gasteiger partial charge >= 0.3 is 0 Å². The molecule has 2 atom stereocenters. The number of carbonyl (C=O) groups is 1. The zero-order chi connectivity index (χ0) is 8.43. The fourth-order valence-corrected chi connectivity index (χ4v) is 1.47. The summed E-state index contributed by atoms with van der Waals surface area (Å²) in [4.78, 5) is 12.9. The van der Waals surface area contributed by atoms with Gasteiger partial charge in [0.2, 0.25) is 5.91 Å². The van der Waals surface area contributed by atoms with Gasteiger partial charge in [-0.05, 0) is 12.8 Å². The lowest BCUT2D eigenvalue weighted by molar-refractivity contribution is -0.128. The lowest BCUT2D eigenvalue weighted by atomic mass is 10.2. The lowest BCUT2D eigenvalue weighted by Gasteiger charge is -2.17. The van der Waals surface area contributed by atoms with Crippen LogP contribution in [0.25, 0.3) is 0 Å². The molecule has 0 saturated carbocycles. The van der Waals surface area contributed by atoms with E-state index in [1.54, 1.807) is 11.8 Å². The number of β-amino-alcohol motifs (C(OH)–C–C–N with tert-alkyl or cyclic N) is 1. The van der Waals surface area contributed by atoms with E-state index < -0.39 is 6.10 Å². The Bertz CT molecular complexity index is 156. The van der Waals surface area contributed by atoms with E-state index in [4.69, 9.17) is 5.11 Å². The minimum Gasteiger partial charge on any atom is -0.392 e. The molecule has 1 aliphatic rings. The number of aliphatic hydroxyl groups excluding tert-OH is 1. The normalized spacial score (nSPS) is 27.7. The molecule has 0 aromatic heterocycles. The van der Waals surface area contributed by atoms with Crippen LogP contribution < -0.4 is 0 Å². The number of nitrogens with zero attached hydrogens (tertiary/aromatic N) is 1. The Morgan fingerprint density at radius 3 is 2.82 bits per heavy atom. The summed E-state index contributed by atoms with van der Waals surface area (Å²) in [6.07, 6.45) is 0.247. The van der Waals surface area contributed by atoms with Gasteiger partial charge in [-0.3, -0.25) is 4.79 Å². The maximum absolute atomic E-state index is 11.1. The van der Waals surface area contributed by atoms with Crippen molar-refractivity contribution in [2.24, 2.45) is 5.92 Å². The van der Waals surface area contributed by atoms with Crippen LogP contribution >= 0.6 is 0 Å². The molecule has 11 heavy (non-hydrogen) atoms. The average Bonchev–Trinajstić information content (AvgIpc) is 2.09. The van der Waals surface area contributed by atoms with E-state index in [1.807, 2.05) is 0 Å². The van der Waals surface area contributed by atoms with Gasteiger partial charge in [0.25, 0.3) is 0 Å². The number of carbonyl (C=O) groups excluding carboxylic acids is 1. The number of rotatable bonds is 2. The number of hydrogen-bond acceptors (Lipinski definition) is 2. The highest BCUT2D eigenvalue weighted by atomic mass is 16.3. The van der Waals surface area contributed by atoms with Crippen molar-refractivity contribution in [3.05, 3.63) is 0 Å². The highest BCUT2D eigenvalue weighted by Gasteiger charge is 2.26. The van der Waals surface area contributed by atoms with Crippen molar-refractivity contribution in [3.63, 3.8) is 0 Å². The smallest absolute Gasteiger partial charge is 0.223 e. The molecule has 0 radical (unpaired) electrons. The van der Waals surface area contributed by atoms with Gasteiger partial charge in [-0.1, -0.05) is 6.92 Å². The standard InChI is InChI=1S/C8H15NO2/c1-6-3-8(11)9(4-6)5-7(2)10/h6-7,10H,3-5H2,1-2H3. The predicted molar refractivity (Wildman–Crippen MR) is 42.0 cm³/mol. The quantitative estimate of drug-likeness (QED) is 0.623. The van der Waals surface area contributed by atoms with Crippen LogP contribution in [0.5, 0.6) is 0 Å². The topological polar surface area (TPSA) is 40.5 Å². The SMILES string of the molecule is CC(O)CN1CC(C)CC1=O. The molecule has 3 heteroatoms. The average molecular weight is 157 g/mol. The molecular formula is C8H15NO2. The van der Waals surface area contributed by atoms with Crippen LogP contribution in [0.2, 0.25) is 0 Å². The first-order valence-corrected chi connectivity index (χ1v) is 4.05. The summed E-state index contributed by atoms with van der Waals surface area (Å²) >= 11 is 0. The minimum absolute atomic E-state index is 0.179. The van der Waals surface area contributed by atoms with Gasteiger partial charge in [0.15, 0.2) is 0 Å². The van der Waals surface area contributed by atoms with Crippen LogP contribution in [0, 0.1) is 5.92 Å². The Morgan fingerprint density at radius 2 is 2.45 bits per heavy atom. The van der Waals surface area contributed by atoms with Crippen molar-refractivity contribution in [2.45, 2.75) is 26.4 Å². The fraction of sp³-hybridized carbons (Fsp3) is 0.875. The fourth-order valence-electron chi connectivity index (χ4n) is 1.47. The third-order valence-corrected chi connectivity index (χ3v) is 1.89.